The summed E-state index contributed by atoms with van der Waals surface area (Å²) in [5.41, 5.74) is -5.84. The molecular formula is C4H12O12P4. The first-order chi connectivity index (χ1) is 8.75. The normalized spacial score (nSPS) is 48.7. The maximum Gasteiger partial charge on any atom is 0.390 e. The number of hydrogen-bond donors (Lipinski definition) is 4. The quantitative estimate of drug-likeness (QED) is 0.500. The monoisotopic (exact) mass is 376 g/mol. The van der Waals surface area contributed by atoms with E-state index >= 15 is 0 Å². The van der Waals surface area contributed by atoms with Gasteiger partial charge in [0.25, 0.3) is 11.1 Å². The molecule has 16 heteroatoms. The molecule has 20 heavy (non-hydrogen) atoms. The van der Waals surface area contributed by atoms with Gasteiger partial charge in [0.2, 0.25) is 0 Å². The van der Waals surface area contributed by atoms with E-state index in [2.05, 4.69) is 18.1 Å². The predicted octanol–water partition coefficient (Wildman–Crippen LogP) is 0.549. The first-order valence-electron chi connectivity index (χ1n) is 4.66. The third kappa shape index (κ3) is 3.50. The average Bonchev–Trinajstić information content (AvgIpc) is 2.09. The van der Waals surface area contributed by atoms with Crippen LogP contribution in [0.4, 0.5) is 0 Å². The van der Waals surface area contributed by atoms with Crippen LogP contribution in [0.3, 0.4) is 0 Å². The van der Waals surface area contributed by atoms with Crippen molar-refractivity contribution in [2.75, 3.05) is 0 Å². The lowest BCUT2D eigenvalue weighted by molar-refractivity contribution is -0.139. The zero-order valence-electron chi connectivity index (χ0n) is 9.95. The molecule has 0 aromatic heterocycles. The number of rotatable bonds is 4. The Balaban J connectivity index is 3.28. The van der Waals surface area contributed by atoms with Crippen molar-refractivity contribution >= 4 is 31.7 Å². The lowest BCUT2D eigenvalue weighted by Crippen LogP contribution is -2.44. The molecule has 4 N–H and O–H groups in total. The minimum Gasteiger partial charge on any atom is -0.326 e. The molecule has 1 rings (SSSR count). The van der Waals surface area contributed by atoms with E-state index in [0.717, 1.165) is 0 Å². The highest BCUT2D eigenvalue weighted by Gasteiger charge is 2.68. The standard InChI is InChI=1S/C4H12O12P4/c1-3(13-17(5)6)15-20(11,12)4(2,14-18(7)8)16-19(3,9)10/h17-18H,1-2H3,(H,5,6)(H,7,8)(H,9,10)(H,11,12). The first-order valence-corrected chi connectivity index (χ1v) is 10.3. The summed E-state index contributed by atoms with van der Waals surface area (Å²) in [4.78, 5) is 36.4. The molecule has 1 fully saturated rings. The molecule has 1 aliphatic rings. The van der Waals surface area contributed by atoms with Crippen LogP contribution < -0.4 is 0 Å². The van der Waals surface area contributed by atoms with Gasteiger partial charge >= 0.3 is 31.7 Å². The third-order valence-corrected chi connectivity index (χ3v) is 7.54. The Morgan fingerprint density at radius 3 is 1.35 bits per heavy atom. The van der Waals surface area contributed by atoms with Gasteiger partial charge < -0.3 is 19.6 Å². The SMILES string of the molecule is CC1(O[PH](=O)O)OP(=O)(O)C(C)(O[PH](=O)O)OP1(=O)O. The summed E-state index contributed by atoms with van der Waals surface area (Å²) in [5, 5.41) is 0. The van der Waals surface area contributed by atoms with Crippen molar-refractivity contribution in [1.29, 1.82) is 0 Å². The molecule has 0 aliphatic carbocycles. The second-order valence-corrected chi connectivity index (χ2v) is 9.30. The van der Waals surface area contributed by atoms with E-state index in [1.807, 2.05) is 0 Å². The van der Waals surface area contributed by atoms with Gasteiger partial charge in [0.05, 0.1) is 0 Å². The van der Waals surface area contributed by atoms with E-state index < -0.39 is 42.8 Å². The van der Waals surface area contributed by atoms with Crippen LogP contribution in [0, 0.1) is 0 Å². The summed E-state index contributed by atoms with van der Waals surface area (Å²) in [6, 6.07) is 0. The van der Waals surface area contributed by atoms with Gasteiger partial charge in [-0.1, -0.05) is 0 Å². The minimum absolute atomic E-state index is 0.622. The van der Waals surface area contributed by atoms with E-state index in [-0.39, 0.29) is 0 Å². The summed E-state index contributed by atoms with van der Waals surface area (Å²) in [7, 11) is -17.9. The lowest BCUT2D eigenvalue weighted by atomic mass is 10.8. The van der Waals surface area contributed by atoms with Gasteiger partial charge in [0.15, 0.2) is 0 Å². The van der Waals surface area contributed by atoms with Gasteiger partial charge in [-0.2, -0.15) is 0 Å². The van der Waals surface area contributed by atoms with Crippen molar-refractivity contribution in [3.8, 4) is 0 Å². The van der Waals surface area contributed by atoms with Crippen LogP contribution in [0.15, 0.2) is 0 Å². The molecule has 1 heterocycles. The van der Waals surface area contributed by atoms with E-state index in [4.69, 9.17) is 9.79 Å². The Bertz CT molecular complexity index is 496. The van der Waals surface area contributed by atoms with Crippen LogP contribution in [0.2, 0.25) is 0 Å². The Morgan fingerprint density at radius 2 is 1.15 bits per heavy atom. The molecule has 0 bridgehead atoms. The van der Waals surface area contributed by atoms with Crippen LogP contribution >= 0.6 is 31.7 Å². The van der Waals surface area contributed by atoms with Crippen molar-refractivity contribution in [1.82, 2.24) is 0 Å². The van der Waals surface area contributed by atoms with E-state index in [0.29, 0.717) is 13.8 Å². The van der Waals surface area contributed by atoms with Crippen molar-refractivity contribution in [3.63, 3.8) is 0 Å². The summed E-state index contributed by atoms with van der Waals surface area (Å²) in [6.07, 6.45) is 0. The highest BCUT2D eigenvalue weighted by atomic mass is 31.2. The zero-order valence-corrected chi connectivity index (χ0v) is 13.7. The maximum atomic E-state index is 11.9. The molecule has 6 atom stereocenters. The predicted molar refractivity (Wildman–Crippen MR) is 63.2 cm³/mol. The van der Waals surface area contributed by atoms with E-state index in [9.17, 15) is 28.0 Å². The Kier molecular flexibility index (Phi) is 5.28. The molecule has 0 radical (unpaired) electrons. The first kappa shape index (κ1) is 18.6. The summed E-state index contributed by atoms with van der Waals surface area (Å²) in [5.74, 6) is 0. The van der Waals surface area contributed by atoms with Crippen molar-refractivity contribution in [3.05, 3.63) is 0 Å². The zero-order chi connectivity index (χ0) is 16.0. The fourth-order valence-corrected chi connectivity index (χ4v) is 6.28. The molecule has 6 unspecified atom stereocenters. The van der Waals surface area contributed by atoms with Crippen LogP contribution in [0.1, 0.15) is 13.8 Å². The Morgan fingerprint density at radius 1 is 0.900 bits per heavy atom. The molecule has 0 aromatic carbocycles. The molecule has 120 valence electrons. The highest BCUT2D eigenvalue weighted by Crippen LogP contribution is 2.77. The summed E-state index contributed by atoms with van der Waals surface area (Å²) < 4.78 is 62.0. The lowest BCUT2D eigenvalue weighted by Gasteiger charge is -2.44. The Hall–Kier alpha value is 0.600. The molecule has 0 saturated carbocycles. The second kappa shape index (κ2) is 5.66. The molecule has 1 saturated heterocycles. The largest absolute Gasteiger partial charge is 0.390 e. The number of hydrogen-bond acceptors (Lipinski definition) is 8. The van der Waals surface area contributed by atoms with Crippen molar-refractivity contribution in [2.45, 2.75) is 24.9 Å². The summed E-state index contributed by atoms with van der Waals surface area (Å²) in [6.45, 7) is 1.24. The van der Waals surface area contributed by atoms with Crippen LogP contribution in [-0.4, -0.2) is 30.6 Å². The third-order valence-electron chi connectivity index (χ3n) is 2.17. The van der Waals surface area contributed by atoms with Gasteiger partial charge in [0.1, 0.15) is 0 Å². The van der Waals surface area contributed by atoms with Gasteiger partial charge in [-0.3, -0.25) is 36.4 Å². The Labute approximate surface area is 113 Å². The highest BCUT2D eigenvalue weighted by molar-refractivity contribution is 7.61. The molecule has 0 aromatic rings. The van der Waals surface area contributed by atoms with Crippen LogP contribution in [0.25, 0.3) is 0 Å². The molecule has 12 nitrogen and oxygen atoms in total. The molecule has 0 amide bonds. The van der Waals surface area contributed by atoms with Crippen molar-refractivity contribution in [2.24, 2.45) is 0 Å². The minimum atomic E-state index is -5.09. The van der Waals surface area contributed by atoms with Crippen molar-refractivity contribution < 1.29 is 55.9 Å². The summed E-state index contributed by atoms with van der Waals surface area (Å²) >= 11 is 0. The van der Waals surface area contributed by atoms with Crippen LogP contribution in [-0.2, 0) is 36.4 Å². The average molecular weight is 376 g/mol. The van der Waals surface area contributed by atoms with Gasteiger partial charge in [-0.15, -0.1) is 0 Å². The maximum absolute atomic E-state index is 11.9. The molecule has 1 aliphatic heterocycles. The van der Waals surface area contributed by atoms with Gasteiger partial charge in [0, 0.05) is 13.8 Å². The van der Waals surface area contributed by atoms with Gasteiger partial charge in [-0.05, 0) is 0 Å². The van der Waals surface area contributed by atoms with Gasteiger partial charge in [-0.25, -0.2) is 0 Å². The van der Waals surface area contributed by atoms with E-state index in [1.54, 1.807) is 0 Å². The smallest absolute Gasteiger partial charge is 0.326 e. The molecular weight excluding hydrogens is 364 g/mol. The second-order valence-electron chi connectivity index (χ2n) is 3.75. The van der Waals surface area contributed by atoms with Crippen LogP contribution in [0.5, 0.6) is 0 Å². The fourth-order valence-electron chi connectivity index (χ4n) is 1.20. The molecule has 0 spiro atoms. The fraction of sp³-hybridized carbons (Fsp3) is 1.00. The topological polar surface area (TPSA) is 186 Å². The van der Waals surface area contributed by atoms with E-state index in [1.165, 1.54) is 0 Å².